The van der Waals surface area contributed by atoms with Crippen LogP contribution in [0.4, 0.5) is 5.69 Å². The highest BCUT2D eigenvalue weighted by atomic mass is 35.5. The molecule has 2 rings (SSSR count). The molecule has 0 aliphatic carbocycles. The fourth-order valence-electron chi connectivity index (χ4n) is 1.56. The monoisotopic (exact) mass is 307 g/mol. The molecule has 0 bridgehead atoms. The van der Waals surface area contributed by atoms with Crippen molar-refractivity contribution < 1.29 is 14.7 Å². The number of carbonyl (C=O) groups excluding carboxylic acids is 1. The van der Waals surface area contributed by atoms with Crippen molar-refractivity contribution in [1.29, 1.82) is 0 Å². The molecule has 0 saturated heterocycles. The Balaban J connectivity index is 2.16. The van der Waals surface area contributed by atoms with Gasteiger partial charge < -0.3 is 10.4 Å². The molecule has 1 aromatic carbocycles. The molecular weight excluding hydrogens is 298 g/mol. The minimum atomic E-state index is -1.19. The highest BCUT2D eigenvalue weighted by Gasteiger charge is 2.15. The van der Waals surface area contributed by atoms with Crippen LogP contribution in [0.3, 0.4) is 0 Å². The van der Waals surface area contributed by atoms with Crippen molar-refractivity contribution in [3.05, 3.63) is 57.3 Å². The third kappa shape index (κ3) is 3.46. The summed E-state index contributed by atoms with van der Waals surface area (Å²) < 4.78 is 0. The van der Waals surface area contributed by atoms with E-state index in [9.17, 15) is 9.59 Å². The number of rotatable bonds is 4. The number of carboxylic acid groups (broad SMARTS) is 1. The Morgan fingerprint density at radius 3 is 2.70 bits per heavy atom. The van der Waals surface area contributed by atoms with E-state index >= 15 is 0 Å². The summed E-state index contributed by atoms with van der Waals surface area (Å²) in [4.78, 5) is 23.8. The molecule has 4 nitrogen and oxygen atoms in total. The first-order chi connectivity index (χ1) is 9.58. The van der Waals surface area contributed by atoms with E-state index in [0.29, 0.717) is 0 Å². The predicted molar refractivity (Wildman–Crippen MR) is 80.4 cm³/mol. The minimum Gasteiger partial charge on any atom is -0.478 e. The number of hydrogen-bond acceptors (Lipinski definition) is 3. The summed E-state index contributed by atoms with van der Waals surface area (Å²) in [5.41, 5.74) is 0.0536. The number of carboxylic acids is 1. The number of anilines is 1. The van der Waals surface area contributed by atoms with Crippen molar-refractivity contribution in [2.45, 2.75) is 0 Å². The van der Waals surface area contributed by atoms with Gasteiger partial charge >= 0.3 is 5.97 Å². The van der Waals surface area contributed by atoms with Gasteiger partial charge in [0.15, 0.2) is 0 Å². The lowest BCUT2D eigenvalue weighted by molar-refractivity contribution is -0.111. The van der Waals surface area contributed by atoms with Crippen molar-refractivity contribution >= 4 is 46.6 Å². The van der Waals surface area contributed by atoms with Crippen LogP contribution in [0, 0.1) is 0 Å². The van der Waals surface area contributed by atoms with Crippen LogP contribution in [0.15, 0.2) is 41.8 Å². The zero-order valence-electron chi connectivity index (χ0n) is 10.2. The van der Waals surface area contributed by atoms with Crippen LogP contribution >= 0.6 is 22.9 Å². The molecule has 0 spiro atoms. The van der Waals surface area contributed by atoms with Crippen LogP contribution in [-0.2, 0) is 4.79 Å². The van der Waals surface area contributed by atoms with E-state index < -0.39 is 11.9 Å². The fourth-order valence-corrected chi connectivity index (χ4v) is 2.44. The summed E-state index contributed by atoms with van der Waals surface area (Å²) in [7, 11) is 0. The van der Waals surface area contributed by atoms with Crippen LogP contribution in [-0.4, -0.2) is 17.0 Å². The predicted octanol–water partition coefficient (Wildman–Crippen LogP) is 3.75. The van der Waals surface area contributed by atoms with Gasteiger partial charge in [0.05, 0.1) is 10.7 Å². The molecule has 0 atom stereocenters. The second-order valence-electron chi connectivity index (χ2n) is 3.81. The molecule has 1 aromatic heterocycles. The zero-order chi connectivity index (χ0) is 14.5. The molecule has 2 aromatic rings. The summed E-state index contributed by atoms with van der Waals surface area (Å²) in [6.45, 7) is 0. The molecule has 1 heterocycles. The van der Waals surface area contributed by atoms with E-state index in [0.717, 1.165) is 4.88 Å². The number of halogens is 1. The molecule has 20 heavy (non-hydrogen) atoms. The molecule has 0 radical (unpaired) electrons. The minimum absolute atomic E-state index is 0.0811. The van der Waals surface area contributed by atoms with Gasteiger partial charge in [-0.05, 0) is 29.7 Å². The van der Waals surface area contributed by atoms with Gasteiger partial charge in [0.25, 0.3) is 0 Å². The maximum Gasteiger partial charge on any atom is 0.339 e. The quantitative estimate of drug-likeness (QED) is 0.845. The molecule has 2 N–H and O–H groups in total. The second-order valence-corrected chi connectivity index (χ2v) is 5.19. The van der Waals surface area contributed by atoms with Crippen molar-refractivity contribution in [3.63, 3.8) is 0 Å². The largest absolute Gasteiger partial charge is 0.478 e. The van der Waals surface area contributed by atoms with Crippen molar-refractivity contribution in [2.24, 2.45) is 0 Å². The normalized spacial score (nSPS) is 10.7. The lowest BCUT2D eigenvalue weighted by Crippen LogP contribution is -2.12. The second kappa shape index (κ2) is 6.36. The number of thiophene rings is 1. The number of benzene rings is 1. The summed E-state index contributed by atoms with van der Waals surface area (Å²) in [6, 6.07) is 8.28. The van der Waals surface area contributed by atoms with E-state index in [1.54, 1.807) is 12.1 Å². The first-order valence-corrected chi connectivity index (χ1v) is 6.88. The number of aromatic carboxylic acids is 1. The number of amides is 1. The Labute approximate surface area is 124 Å². The Bertz CT molecular complexity index is 665. The van der Waals surface area contributed by atoms with Gasteiger partial charge in [-0.25, -0.2) is 4.79 Å². The highest BCUT2D eigenvalue weighted by molar-refractivity contribution is 7.10. The van der Waals surface area contributed by atoms with Gasteiger partial charge in [0.2, 0.25) is 5.91 Å². The highest BCUT2D eigenvalue weighted by Crippen LogP contribution is 2.24. The molecule has 0 unspecified atom stereocenters. The fraction of sp³-hybridized carbons (Fsp3) is 0. The van der Waals surface area contributed by atoms with Crippen LogP contribution in [0.1, 0.15) is 15.2 Å². The summed E-state index contributed by atoms with van der Waals surface area (Å²) in [6.07, 6.45) is 3.00. The van der Waals surface area contributed by atoms with Crippen LogP contribution in [0.2, 0.25) is 5.02 Å². The Morgan fingerprint density at radius 2 is 2.05 bits per heavy atom. The van der Waals surface area contributed by atoms with E-state index in [1.165, 1.54) is 29.5 Å². The average molecular weight is 308 g/mol. The maximum atomic E-state index is 11.8. The SMILES string of the molecule is O=C(C=Cc1cccs1)Nc1cccc(Cl)c1C(=O)O. The lowest BCUT2D eigenvalue weighted by atomic mass is 10.1. The van der Waals surface area contributed by atoms with Crippen LogP contribution in [0.5, 0.6) is 0 Å². The maximum absolute atomic E-state index is 11.8. The van der Waals surface area contributed by atoms with Crippen molar-refractivity contribution in [3.8, 4) is 0 Å². The average Bonchev–Trinajstić information content (AvgIpc) is 2.89. The third-order valence-electron chi connectivity index (χ3n) is 2.43. The van der Waals surface area contributed by atoms with Gasteiger partial charge in [0.1, 0.15) is 5.56 Å². The number of nitrogens with one attached hydrogen (secondary N) is 1. The Kier molecular flexibility index (Phi) is 4.55. The summed E-state index contributed by atoms with van der Waals surface area (Å²) in [5, 5.41) is 13.6. The zero-order valence-corrected chi connectivity index (χ0v) is 11.7. The van der Waals surface area contributed by atoms with Crippen molar-refractivity contribution in [2.75, 3.05) is 5.32 Å². The van der Waals surface area contributed by atoms with Gasteiger partial charge in [-0.2, -0.15) is 0 Å². The van der Waals surface area contributed by atoms with E-state index in [2.05, 4.69) is 5.32 Å². The standard InChI is InChI=1S/C14H10ClNO3S/c15-10-4-1-5-11(13(10)14(18)19)16-12(17)7-6-9-3-2-8-20-9/h1-8H,(H,16,17)(H,18,19). The van der Waals surface area contributed by atoms with E-state index in [1.807, 2.05) is 17.5 Å². The number of carbonyl (C=O) groups is 2. The first kappa shape index (κ1) is 14.3. The molecule has 0 fully saturated rings. The molecule has 6 heteroatoms. The number of hydrogen-bond donors (Lipinski definition) is 2. The molecule has 0 saturated carbocycles. The molecule has 102 valence electrons. The summed E-state index contributed by atoms with van der Waals surface area (Å²) >= 11 is 7.32. The van der Waals surface area contributed by atoms with Crippen LogP contribution in [0.25, 0.3) is 6.08 Å². The third-order valence-corrected chi connectivity index (χ3v) is 3.58. The molecule has 1 amide bonds. The van der Waals surface area contributed by atoms with Crippen molar-refractivity contribution in [1.82, 2.24) is 0 Å². The lowest BCUT2D eigenvalue weighted by Gasteiger charge is -2.07. The Hall–Kier alpha value is -2.11. The van der Waals surface area contributed by atoms with E-state index in [4.69, 9.17) is 16.7 Å². The molecular formula is C14H10ClNO3S. The van der Waals surface area contributed by atoms with E-state index in [-0.39, 0.29) is 16.3 Å². The topological polar surface area (TPSA) is 66.4 Å². The van der Waals surface area contributed by atoms with Gasteiger partial charge in [-0.3, -0.25) is 4.79 Å². The van der Waals surface area contributed by atoms with Crippen LogP contribution < -0.4 is 5.32 Å². The Morgan fingerprint density at radius 1 is 1.25 bits per heavy atom. The molecule has 0 aliphatic rings. The first-order valence-electron chi connectivity index (χ1n) is 5.62. The molecule has 0 aliphatic heterocycles. The van der Waals surface area contributed by atoms with Gasteiger partial charge in [-0.15, -0.1) is 11.3 Å². The summed E-state index contributed by atoms with van der Waals surface area (Å²) in [5.74, 6) is -1.60. The van der Waals surface area contributed by atoms with Gasteiger partial charge in [0, 0.05) is 11.0 Å². The smallest absolute Gasteiger partial charge is 0.339 e. The van der Waals surface area contributed by atoms with Gasteiger partial charge in [-0.1, -0.05) is 23.7 Å².